The molecule has 5 heteroatoms. The third kappa shape index (κ3) is 6.29. The van der Waals surface area contributed by atoms with E-state index in [1.807, 2.05) is 27.7 Å². The molecule has 0 bridgehead atoms. The van der Waals surface area contributed by atoms with Gasteiger partial charge in [0, 0.05) is 0 Å². The van der Waals surface area contributed by atoms with Crippen LogP contribution in [0.5, 0.6) is 0 Å². The lowest BCUT2D eigenvalue weighted by molar-refractivity contribution is 0.140. The van der Waals surface area contributed by atoms with Gasteiger partial charge in [0.25, 0.3) is 0 Å². The van der Waals surface area contributed by atoms with E-state index < -0.39 is 7.60 Å². The molecule has 0 aliphatic rings. The van der Waals surface area contributed by atoms with Gasteiger partial charge in [0.05, 0.1) is 12.2 Å². The fraction of sp³-hybridized carbons (Fsp3) is 1.00. The highest BCUT2D eigenvalue weighted by Gasteiger charge is 2.35. The van der Waals surface area contributed by atoms with E-state index in [4.69, 9.17) is 9.05 Å². The number of hydrogen-bond acceptors (Lipinski definition) is 4. The molecule has 16 heavy (non-hydrogen) atoms. The largest absolute Gasteiger partial charge is 0.343 e. The van der Waals surface area contributed by atoms with Crippen LogP contribution in [0.2, 0.25) is 0 Å². The summed E-state index contributed by atoms with van der Waals surface area (Å²) >= 11 is 4.38. The van der Waals surface area contributed by atoms with Crippen molar-refractivity contribution in [1.82, 2.24) is 0 Å². The van der Waals surface area contributed by atoms with E-state index in [-0.39, 0.29) is 17.2 Å². The Hall–Kier alpha value is 0.500. The molecule has 0 N–H and O–H groups in total. The molecule has 1 atom stereocenters. The summed E-state index contributed by atoms with van der Waals surface area (Å²) in [6.45, 7) is 9.53. The summed E-state index contributed by atoms with van der Waals surface area (Å²) in [5.41, 5.74) is 0. The van der Waals surface area contributed by atoms with E-state index >= 15 is 0 Å². The van der Waals surface area contributed by atoms with Gasteiger partial charge in [0.15, 0.2) is 0 Å². The molecule has 0 aliphatic carbocycles. The summed E-state index contributed by atoms with van der Waals surface area (Å²) in [5.74, 6) is 0. The molecule has 0 aromatic carbocycles. The van der Waals surface area contributed by atoms with Crippen LogP contribution in [-0.2, 0) is 13.6 Å². The number of rotatable bonds is 8. The van der Waals surface area contributed by atoms with E-state index in [2.05, 4.69) is 19.6 Å². The minimum atomic E-state index is -3.09. The maximum atomic E-state index is 12.5. The van der Waals surface area contributed by atoms with Gasteiger partial charge in [-0.3, -0.25) is 4.57 Å². The molecule has 98 valence electrons. The Morgan fingerprint density at radius 2 is 1.56 bits per heavy atom. The van der Waals surface area contributed by atoms with Crippen LogP contribution in [-0.4, -0.2) is 17.2 Å². The van der Waals surface area contributed by atoms with Gasteiger partial charge in [-0.05, 0) is 34.1 Å². The average Bonchev–Trinajstić information content (AvgIpc) is 2.11. The second-order valence-corrected chi connectivity index (χ2v) is 7.63. The third-order valence-electron chi connectivity index (χ3n) is 1.90. The van der Waals surface area contributed by atoms with Crippen molar-refractivity contribution in [2.24, 2.45) is 0 Å². The van der Waals surface area contributed by atoms with E-state index in [9.17, 15) is 4.57 Å². The molecular formula is C11H25O3PS. The second kappa shape index (κ2) is 7.75. The lowest BCUT2D eigenvalue weighted by Crippen LogP contribution is -2.14. The van der Waals surface area contributed by atoms with Crippen LogP contribution in [0.4, 0.5) is 0 Å². The third-order valence-corrected chi connectivity index (χ3v) is 5.42. The molecule has 0 saturated carbocycles. The van der Waals surface area contributed by atoms with E-state index in [0.717, 1.165) is 19.3 Å². The smallest absolute Gasteiger partial charge is 0.305 e. The first kappa shape index (κ1) is 16.5. The van der Waals surface area contributed by atoms with Crippen LogP contribution in [0.3, 0.4) is 0 Å². The quantitative estimate of drug-likeness (QED) is 0.521. The van der Waals surface area contributed by atoms with Crippen molar-refractivity contribution in [3.05, 3.63) is 0 Å². The summed E-state index contributed by atoms with van der Waals surface area (Å²) in [6, 6.07) is 0. The Bertz CT molecular complexity index is 217. The number of unbranched alkanes of at least 4 members (excludes halogenated alkanes) is 1. The molecule has 3 nitrogen and oxygen atoms in total. The zero-order valence-electron chi connectivity index (χ0n) is 11.0. The molecule has 0 fully saturated rings. The van der Waals surface area contributed by atoms with Crippen LogP contribution < -0.4 is 0 Å². The molecule has 0 heterocycles. The van der Waals surface area contributed by atoms with Crippen LogP contribution in [0.25, 0.3) is 0 Å². The fourth-order valence-electron chi connectivity index (χ4n) is 1.30. The van der Waals surface area contributed by atoms with Gasteiger partial charge in [-0.15, -0.1) is 0 Å². The predicted molar refractivity (Wildman–Crippen MR) is 72.3 cm³/mol. The van der Waals surface area contributed by atoms with Crippen molar-refractivity contribution in [3.8, 4) is 0 Å². The van der Waals surface area contributed by atoms with Crippen LogP contribution >= 0.6 is 20.2 Å². The van der Waals surface area contributed by atoms with Gasteiger partial charge in [-0.2, -0.15) is 12.6 Å². The molecule has 0 amide bonds. The molecular weight excluding hydrogens is 243 g/mol. The standard InChI is InChI=1S/C11H25O3PS/c1-6-7-8-11(16)15(12,13-9(2)3)14-10(4)5/h9-11,16H,6-8H2,1-5H3. The maximum Gasteiger partial charge on any atom is 0.343 e. The molecule has 0 aliphatic heterocycles. The summed E-state index contributed by atoms with van der Waals surface area (Å²) in [4.78, 5) is -0.322. The molecule has 0 spiro atoms. The van der Waals surface area contributed by atoms with E-state index in [1.165, 1.54) is 0 Å². The van der Waals surface area contributed by atoms with Crippen LogP contribution in [0.15, 0.2) is 0 Å². The predicted octanol–water partition coefficient (Wildman–Crippen LogP) is 4.48. The van der Waals surface area contributed by atoms with Gasteiger partial charge in [0.2, 0.25) is 0 Å². The summed E-state index contributed by atoms with van der Waals surface area (Å²) in [6.07, 6.45) is 2.58. The van der Waals surface area contributed by atoms with Crippen molar-refractivity contribution in [2.75, 3.05) is 0 Å². The fourth-order valence-corrected chi connectivity index (χ4v) is 3.81. The van der Waals surface area contributed by atoms with Crippen molar-refractivity contribution in [1.29, 1.82) is 0 Å². The normalized spacial score (nSPS) is 14.8. The summed E-state index contributed by atoms with van der Waals surface area (Å²) < 4.78 is 23.4. The van der Waals surface area contributed by atoms with Gasteiger partial charge >= 0.3 is 7.60 Å². The van der Waals surface area contributed by atoms with E-state index in [1.54, 1.807) is 0 Å². The minimum absolute atomic E-state index is 0.110. The van der Waals surface area contributed by atoms with Gasteiger partial charge < -0.3 is 9.05 Å². The molecule has 0 rings (SSSR count). The first-order chi connectivity index (χ1) is 7.31. The minimum Gasteiger partial charge on any atom is -0.305 e. The molecule has 0 radical (unpaired) electrons. The Balaban J connectivity index is 4.56. The Morgan fingerprint density at radius 1 is 1.12 bits per heavy atom. The summed E-state index contributed by atoms with van der Waals surface area (Å²) in [5, 5.41) is 0. The van der Waals surface area contributed by atoms with Crippen molar-refractivity contribution in [2.45, 2.75) is 71.1 Å². The Labute approximate surface area is 105 Å². The zero-order chi connectivity index (χ0) is 12.8. The second-order valence-electron chi connectivity index (χ2n) is 4.47. The molecule has 0 saturated heterocycles. The molecule has 1 unspecified atom stereocenters. The number of thiol groups is 1. The maximum absolute atomic E-state index is 12.5. The van der Waals surface area contributed by atoms with Crippen LogP contribution in [0.1, 0.15) is 53.9 Å². The van der Waals surface area contributed by atoms with Gasteiger partial charge in [-0.1, -0.05) is 19.8 Å². The van der Waals surface area contributed by atoms with Crippen molar-refractivity contribution < 1.29 is 13.6 Å². The van der Waals surface area contributed by atoms with Crippen molar-refractivity contribution in [3.63, 3.8) is 0 Å². The lowest BCUT2D eigenvalue weighted by atomic mass is 10.3. The highest BCUT2D eigenvalue weighted by atomic mass is 32.1. The van der Waals surface area contributed by atoms with Gasteiger partial charge in [0.1, 0.15) is 4.99 Å². The highest BCUT2D eigenvalue weighted by molar-refractivity contribution is 7.89. The van der Waals surface area contributed by atoms with Crippen LogP contribution in [0, 0.1) is 0 Å². The Kier molecular flexibility index (Phi) is 8.00. The monoisotopic (exact) mass is 268 g/mol. The van der Waals surface area contributed by atoms with Crippen molar-refractivity contribution >= 4 is 20.2 Å². The lowest BCUT2D eigenvalue weighted by Gasteiger charge is -2.27. The van der Waals surface area contributed by atoms with E-state index in [0.29, 0.717) is 0 Å². The zero-order valence-corrected chi connectivity index (χ0v) is 12.8. The summed E-state index contributed by atoms with van der Waals surface area (Å²) in [7, 11) is -3.09. The highest BCUT2D eigenvalue weighted by Crippen LogP contribution is 2.57. The number of hydrogen-bond donors (Lipinski definition) is 1. The van der Waals surface area contributed by atoms with Gasteiger partial charge in [-0.25, -0.2) is 0 Å². The average molecular weight is 268 g/mol. The Morgan fingerprint density at radius 3 is 1.88 bits per heavy atom. The first-order valence-electron chi connectivity index (χ1n) is 5.96. The topological polar surface area (TPSA) is 35.5 Å². The molecule has 0 aromatic rings. The molecule has 0 aromatic heterocycles. The SMILES string of the molecule is CCCCC(S)P(=O)(OC(C)C)OC(C)C. The first-order valence-corrected chi connectivity index (χ1v) is 8.09.